The molecule has 1 amide bonds. The smallest absolute Gasteiger partial charge is 0.224 e. The molecule has 0 radical (unpaired) electrons. The molecule has 0 bridgehead atoms. The highest BCUT2D eigenvalue weighted by molar-refractivity contribution is 6.30. The molecular formula is C15H15ClN4O. The number of nitrogens with two attached hydrogens (primary N) is 1. The van der Waals surface area contributed by atoms with Crippen LogP contribution in [-0.4, -0.2) is 15.9 Å². The standard InChI is InChI=1S/C15H15ClN4O/c16-10-3-1-2-9(6-10)11-7-12(11)15(21)19-8-14-18-5-4-13(17)20-14/h1-6,11-12H,7-8H2,(H,19,21)(H2,17,18,20)/t11-,12-/m0/s1. The zero-order valence-corrected chi connectivity index (χ0v) is 12.0. The number of nitrogen functional groups attached to an aromatic ring is 1. The Morgan fingerprint density at radius 1 is 1.43 bits per heavy atom. The molecule has 2 atom stereocenters. The van der Waals surface area contributed by atoms with Crippen LogP contribution in [0, 0.1) is 5.92 Å². The number of carbonyl (C=O) groups is 1. The van der Waals surface area contributed by atoms with Gasteiger partial charge in [-0.25, -0.2) is 9.97 Å². The maximum Gasteiger partial charge on any atom is 0.224 e. The van der Waals surface area contributed by atoms with Crippen LogP contribution in [0.4, 0.5) is 5.82 Å². The lowest BCUT2D eigenvalue weighted by atomic mass is 10.1. The van der Waals surface area contributed by atoms with Gasteiger partial charge in [0.1, 0.15) is 11.6 Å². The molecule has 1 fully saturated rings. The molecule has 3 N–H and O–H groups in total. The lowest BCUT2D eigenvalue weighted by Crippen LogP contribution is -2.26. The van der Waals surface area contributed by atoms with E-state index in [1.165, 1.54) is 0 Å². The Morgan fingerprint density at radius 3 is 3.05 bits per heavy atom. The van der Waals surface area contributed by atoms with Crippen molar-refractivity contribution >= 4 is 23.3 Å². The van der Waals surface area contributed by atoms with Crippen molar-refractivity contribution in [2.24, 2.45) is 5.92 Å². The van der Waals surface area contributed by atoms with E-state index in [0.717, 1.165) is 12.0 Å². The molecule has 1 heterocycles. The van der Waals surface area contributed by atoms with Crippen LogP contribution in [0.15, 0.2) is 36.5 Å². The van der Waals surface area contributed by atoms with Gasteiger partial charge in [-0.3, -0.25) is 4.79 Å². The average molecular weight is 303 g/mol. The molecule has 0 saturated heterocycles. The third kappa shape index (κ3) is 3.31. The number of hydrogen-bond acceptors (Lipinski definition) is 4. The van der Waals surface area contributed by atoms with Gasteiger partial charge in [-0.2, -0.15) is 0 Å². The van der Waals surface area contributed by atoms with E-state index in [9.17, 15) is 4.79 Å². The molecule has 3 rings (SSSR count). The zero-order chi connectivity index (χ0) is 14.8. The Bertz CT molecular complexity index is 676. The van der Waals surface area contributed by atoms with Crippen molar-refractivity contribution in [3.8, 4) is 0 Å². The molecule has 0 spiro atoms. The van der Waals surface area contributed by atoms with Gasteiger partial charge in [-0.15, -0.1) is 0 Å². The Hall–Kier alpha value is -2.14. The first-order valence-corrected chi connectivity index (χ1v) is 7.12. The van der Waals surface area contributed by atoms with Gasteiger partial charge < -0.3 is 11.1 Å². The Kier molecular flexibility index (Phi) is 3.75. The molecule has 1 aliphatic rings. The predicted octanol–water partition coefficient (Wildman–Crippen LogP) is 2.13. The molecule has 108 valence electrons. The number of benzene rings is 1. The molecule has 1 aromatic carbocycles. The molecular weight excluding hydrogens is 288 g/mol. The Balaban J connectivity index is 1.56. The number of halogens is 1. The third-order valence-corrected chi connectivity index (χ3v) is 3.79. The molecule has 6 heteroatoms. The van der Waals surface area contributed by atoms with Crippen LogP contribution >= 0.6 is 11.6 Å². The summed E-state index contributed by atoms with van der Waals surface area (Å²) in [6.45, 7) is 0.294. The highest BCUT2D eigenvalue weighted by Gasteiger charge is 2.43. The molecule has 1 aliphatic carbocycles. The van der Waals surface area contributed by atoms with Crippen molar-refractivity contribution in [2.45, 2.75) is 18.9 Å². The first-order chi connectivity index (χ1) is 10.1. The fraction of sp³-hybridized carbons (Fsp3) is 0.267. The van der Waals surface area contributed by atoms with Gasteiger partial charge >= 0.3 is 0 Å². The first kappa shape index (κ1) is 13.8. The summed E-state index contributed by atoms with van der Waals surface area (Å²) in [5.41, 5.74) is 6.69. The fourth-order valence-electron chi connectivity index (χ4n) is 2.39. The first-order valence-electron chi connectivity index (χ1n) is 6.74. The molecule has 5 nitrogen and oxygen atoms in total. The van der Waals surface area contributed by atoms with Gasteiger partial charge in [0.2, 0.25) is 5.91 Å². The number of rotatable bonds is 4. The second-order valence-electron chi connectivity index (χ2n) is 5.12. The van der Waals surface area contributed by atoms with E-state index >= 15 is 0 Å². The van der Waals surface area contributed by atoms with Crippen LogP contribution in [0.25, 0.3) is 0 Å². The zero-order valence-electron chi connectivity index (χ0n) is 11.3. The minimum absolute atomic E-state index is 0.00419. The number of amides is 1. The summed E-state index contributed by atoms with van der Waals surface area (Å²) in [5.74, 6) is 1.20. The van der Waals surface area contributed by atoms with Crippen molar-refractivity contribution in [1.82, 2.24) is 15.3 Å². The third-order valence-electron chi connectivity index (χ3n) is 3.55. The largest absolute Gasteiger partial charge is 0.384 e. The van der Waals surface area contributed by atoms with Crippen LogP contribution < -0.4 is 11.1 Å². The number of aromatic nitrogens is 2. The quantitative estimate of drug-likeness (QED) is 0.906. The van der Waals surface area contributed by atoms with Gasteiger partial charge in [-0.1, -0.05) is 23.7 Å². The van der Waals surface area contributed by atoms with Crippen molar-refractivity contribution in [1.29, 1.82) is 0 Å². The summed E-state index contributed by atoms with van der Waals surface area (Å²) >= 11 is 5.97. The van der Waals surface area contributed by atoms with E-state index < -0.39 is 0 Å². The highest BCUT2D eigenvalue weighted by Crippen LogP contribution is 2.47. The minimum atomic E-state index is 0.00419. The lowest BCUT2D eigenvalue weighted by Gasteiger charge is -2.05. The van der Waals surface area contributed by atoms with Crippen molar-refractivity contribution in [3.63, 3.8) is 0 Å². The van der Waals surface area contributed by atoms with Gasteiger partial charge in [-0.05, 0) is 36.1 Å². The summed E-state index contributed by atoms with van der Waals surface area (Å²) in [5, 5.41) is 3.55. The van der Waals surface area contributed by atoms with Crippen molar-refractivity contribution in [2.75, 3.05) is 5.73 Å². The summed E-state index contributed by atoms with van der Waals surface area (Å²) < 4.78 is 0. The summed E-state index contributed by atoms with van der Waals surface area (Å²) in [6.07, 6.45) is 2.43. The molecule has 0 unspecified atom stereocenters. The molecule has 1 saturated carbocycles. The SMILES string of the molecule is Nc1ccnc(CNC(=O)[C@H]2C[C@H]2c2cccc(Cl)c2)n1. The van der Waals surface area contributed by atoms with Crippen molar-refractivity contribution < 1.29 is 4.79 Å². The second kappa shape index (κ2) is 5.69. The topological polar surface area (TPSA) is 80.9 Å². The Labute approximate surface area is 127 Å². The van der Waals surface area contributed by atoms with E-state index in [0.29, 0.717) is 23.2 Å². The molecule has 1 aromatic heterocycles. The Morgan fingerprint density at radius 2 is 2.29 bits per heavy atom. The summed E-state index contributed by atoms with van der Waals surface area (Å²) in [6, 6.07) is 9.28. The minimum Gasteiger partial charge on any atom is -0.384 e. The average Bonchev–Trinajstić information content (AvgIpc) is 3.25. The monoisotopic (exact) mass is 302 g/mol. The van der Waals surface area contributed by atoms with Crippen LogP contribution in [0.2, 0.25) is 5.02 Å². The molecule has 0 aliphatic heterocycles. The number of nitrogens with zero attached hydrogens (tertiary/aromatic N) is 2. The van der Waals surface area contributed by atoms with E-state index in [4.69, 9.17) is 17.3 Å². The fourth-order valence-corrected chi connectivity index (χ4v) is 2.59. The lowest BCUT2D eigenvalue weighted by molar-refractivity contribution is -0.122. The number of anilines is 1. The van der Waals surface area contributed by atoms with Gasteiger partial charge in [0.05, 0.1) is 6.54 Å². The molecule has 2 aromatic rings. The van der Waals surface area contributed by atoms with Crippen molar-refractivity contribution in [3.05, 3.63) is 52.9 Å². The maximum absolute atomic E-state index is 12.1. The number of carbonyl (C=O) groups excluding carboxylic acids is 1. The number of nitrogens with one attached hydrogen (secondary N) is 1. The maximum atomic E-state index is 12.1. The van der Waals surface area contributed by atoms with Crippen LogP contribution in [0.5, 0.6) is 0 Å². The molecule has 21 heavy (non-hydrogen) atoms. The van der Waals surface area contributed by atoms with E-state index in [-0.39, 0.29) is 17.7 Å². The van der Waals surface area contributed by atoms with Gasteiger partial charge in [0.15, 0.2) is 0 Å². The second-order valence-corrected chi connectivity index (χ2v) is 5.56. The number of hydrogen-bond donors (Lipinski definition) is 2. The van der Waals surface area contributed by atoms with E-state index in [1.54, 1.807) is 12.3 Å². The van der Waals surface area contributed by atoms with Crippen LogP contribution in [-0.2, 0) is 11.3 Å². The van der Waals surface area contributed by atoms with E-state index in [2.05, 4.69) is 15.3 Å². The normalized spacial score (nSPS) is 20.0. The van der Waals surface area contributed by atoms with E-state index in [1.807, 2.05) is 24.3 Å². The van der Waals surface area contributed by atoms with Gasteiger partial charge in [0.25, 0.3) is 0 Å². The van der Waals surface area contributed by atoms with Gasteiger partial charge in [0, 0.05) is 17.1 Å². The highest BCUT2D eigenvalue weighted by atomic mass is 35.5. The summed E-state index contributed by atoms with van der Waals surface area (Å²) in [7, 11) is 0. The summed E-state index contributed by atoms with van der Waals surface area (Å²) in [4.78, 5) is 20.2. The predicted molar refractivity (Wildman–Crippen MR) is 80.6 cm³/mol. The van der Waals surface area contributed by atoms with Crippen LogP contribution in [0.3, 0.4) is 0 Å². The van der Waals surface area contributed by atoms with Crippen LogP contribution in [0.1, 0.15) is 23.7 Å².